The largest absolute Gasteiger partial charge is 0.465 e. The van der Waals surface area contributed by atoms with Crippen LogP contribution in [0, 0.1) is 5.41 Å². The third kappa shape index (κ3) is 1.81. The molecular formula is C11H18O3. The number of esters is 1. The molecule has 1 rings (SSSR count). The highest BCUT2D eigenvalue weighted by atomic mass is 16.5. The molecule has 0 radical (unpaired) electrons. The van der Waals surface area contributed by atoms with Crippen molar-refractivity contribution < 1.29 is 14.3 Å². The number of Topliss-reactive ketones (excluding diaryl/α,β-unsaturated/α-hetero) is 1. The zero-order chi connectivity index (χ0) is 10.6. The molecule has 0 aromatic heterocycles. The molecule has 0 saturated heterocycles. The summed E-state index contributed by atoms with van der Waals surface area (Å²) < 4.78 is 4.96. The van der Waals surface area contributed by atoms with E-state index in [0.717, 1.165) is 12.8 Å². The lowest BCUT2D eigenvalue weighted by Gasteiger charge is -2.37. The zero-order valence-corrected chi connectivity index (χ0v) is 8.97. The predicted octanol–water partition coefficient (Wildman–Crippen LogP) is 2.09. The van der Waals surface area contributed by atoms with Gasteiger partial charge in [-0.25, -0.2) is 0 Å². The topological polar surface area (TPSA) is 43.4 Å². The average Bonchev–Trinajstić information content (AvgIpc) is 2.02. The van der Waals surface area contributed by atoms with E-state index in [0.29, 0.717) is 25.9 Å². The minimum Gasteiger partial charge on any atom is -0.465 e. The maximum Gasteiger partial charge on any atom is 0.319 e. The van der Waals surface area contributed by atoms with Gasteiger partial charge in [-0.05, 0) is 26.2 Å². The Hall–Kier alpha value is -0.860. The van der Waals surface area contributed by atoms with Crippen LogP contribution in [0.5, 0.6) is 0 Å². The van der Waals surface area contributed by atoms with Gasteiger partial charge in [0.15, 0.2) is 0 Å². The molecule has 14 heavy (non-hydrogen) atoms. The highest BCUT2D eigenvalue weighted by molar-refractivity contribution is 6.04. The van der Waals surface area contributed by atoms with Gasteiger partial charge in [-0.1, -0.05) is 13.3 Å². The summed E-state index contributed by atoms with van der Waals surface area (Å²) in [6.07, 6.45) is 3.64. The van der Waals surface area contributed by atoms with Crippen molar-refractivity contribution in [2.75, 3.05) is 6.61 Å². The molecule has 0 N–H and O–H groups in total. The summed E-state index contributed by atoms with van der Waals surface area (Å²) in [5.74, 6) is -0.227. The molecular weight excluding hydrogens is 180 g/mol. The van der Waals surface area contributed by atoms with Gasteiger partial charge in [0.25, 0.3) is 0 Å². The van der Waals surface area contributed by atoms with E-state index in [1.165, 1.54) is 0 Å². The van der Waals surface area contributed by atoms with Crippen molar-refractivity contribution in [3.8, 4) is 0 Å². The van der Waals surface area contributed by atoms with E-state index in [2.05, 4.69) is 0 Å². The summed E-state index contributed by atoms with van der Waals surface area (Å²) in [6, 6.07) is 0. The van der Waals surface area contributed by atoms with E-state index in [1.54, 1.807) is 6.92 Å². The minimum absolute atomic E-state index is 0.0738. The molecule has 1 saturated carbocycles. The summed E-state index contributed by atoms with van der Waals surface area (Å²) in [4.78, 5) is 23.4. The second-order valence-corrected chi connectivity index (χ2v) is 3.83. The van der Waals surface area contributed by atoms with Crippen LogP contribution < -0.4 is 0 Å². The van der Waals surface area contributed by atoms with Crippen molar-refractivity contribution in [3.63, 3.8) is 0 Å². The molecule has 0 aromatic carbocycles. The zero-order valence-electron chi connectivity index (χ0n) is 8.97. The van der Waals surface area contributed by atoms with Crippen LogP contribution >= 0.6 is 0 Å². The Morgan fingerprint density at radius 1 is 1.29 bits per heavy atom. The lowest BCUT2D eigenvalue weighted by atomic mass is 9.65. The third-order valence-corrected chi connectivity index (χ3v) is 2.88. The fraction of sp³-hybridized carbons (Fsp3) is 0.818. The number of hydrogen-bond acceptors (Lipinski definition) is 3. The summed E-state index contributed by atoms with van der Waals surface area (Å²) >= 11 is 0. The van der Waals surface area contributed by atoms with Gasteiger partial charge in [0.2, 0.25) is 0 Å². The van der Waals surface area contributed by atoms with Gasteiger partial charge in [-0.3, -0.25) is 9.59 Å². The van der Waals surface area contributed by atoms with Gasteiger partial charge in [-0.15, -0.1) is 0 Å². The maximum atomic E-state index is 11.8. The highest BCUT2D eigenvalue weighted by Crippen LogP contribution is 2.43. The van der Waals surface area contributed by atoms with E-state index in [-0.39, 0.29) is 11.8 Å². The summed E-state index contributed by atoms with van der Waals surface area (Å²) in [5, 5.41) is 0. The normalized spacial score (nSPS) is 18.4. The summed E-state index contributed by atoms with van der Waals surface area (Å²) in [5.41, 5.74) is -0.758. The lowest BCUT2D eigenvalue weighted by Crippen LogP contribution is -2.46. The van der Waals surface area contributed by atoms with Gasteiger partial charge in [0.05, 0.1) is 6.61 Å². The van der Waals surface area contributed by atoms with E-state index < -0.39 is 5.41 Å². The minimum atomic E-state index is -0.758. The van der Waals surface area contributed by atoms with Crippen molar-refractivity contribution >= 4 is 11.8 Å². The van der Waals surface area contributed by atoms with E-state index in [1.807, 2.05) is 6.92 Å². The SMILES string of the molecule is CCCC(=O)C1(C(=O)OCC)CCC1. The molecule has 0 spiro atoms. The molecule has 0 aromatic rings. The molecule has 0 amide bonds. The molecule has 0 bridgehead atoms. The van der Waals surface area contributed by atoms with Crippen LogP contribution in [0.15, 0.2) is 0 Å². The number of ether oxygens (including phenoxy) is 1. The average molecular weight is 198 g/mol. The fourth-order valence-corrected chi connectivity index (χ4v) is 1.86. The first-order valence-electron chi connectivity index (χ1n) is 5.38. The quantitative estimate of drug-likeness (QED) is 0.502. The van der Waals surface area contributed by atoms with Gasteiger partial charge in [-0.2, -0.15) is 0 Å². The molecule has 1 fully saturated rings. The second-order valence-electron chi connectivity index (χ2n) is 3.83. The summed E-state index contributed by atoms with van der Waals surface area (Å²) in [6.45, 7) is 4.09. The lowest BCUT2D eigenvalue weighted by molar-refractivity contribution is -0.166. The van der Waals surface area contributed by atoms with Crippen LogP contribution in [-0.2, 0) is 14.3 Å². The number of carbonyl (C=O) groups excluding carboxylic acids is 2. The van der Waals surface area contributed by atoms with Crippen LogP contribution in [0.2, 0.25) is 0 Å². The molecule has 0 aliphatic heterocycles. The fourth-order valence-electron chi connectivity index (χ4n) is 1.86. The molecule has 0 atom stereocenters. The van der Waals surface area contributed by atoms with Crippen molar-refractivity contribution in [1.29, 1.82) is 0 Å². The van der Waals surface area contributed by atoms with Crippen LogP contribution in [0.1, 0.15) is 46.0 Å². The number of carbonyl (C=O) groups is 2. The van der Waals surface area contributed by atoms with Crippen LogP contribution in [-0.4, -0.2) is 18.4 Å². The van der Waals surface area contributed by atoms with Crippen molar-refractivity contribution in [3.05, 3.63) is 0 Å². The first-order chi connectivity index (χ1) is 6.67. The van der Waals surface area contributed by atoms with Crippen molar-refractivity contribution in [2.45, 2.75) is 46.0 Å². The Bertz CT molecular complexity index is 209. The standard InChI is InChI=1S/C11H18O3/c1-3-6-9(12)11(7-5-8-11)10(13)14-4-2/h3-8H2,1-2H3. The molecule has 80 valence electrons. The second kappa shape index (κ2) is 4.58. The first-order valence-corrected chi connectivity index (χ1v) is 5.38. The Morgan fingerprint density at radius 3 is 2.29 bits per heavy atom. The first kappa shape index (κ1) is 11.2. The molecule has 0 heterocycles. The highest BCUT2D eigenvalue weighted by Gasteiger charge is 2.50. The van der Waals surface area contributed by atoms with Gasteiger partial charge >= 0.3 is 5.97 Å². The van der Waals surface area contributed by atoms with E-state index >= 15 is 0 Å². The Morgan fingerprint density at radius 2 is 1.93 bits per heavy atom. The molecule has 0 unspecified atom stereocenters. The predicted molar refractivity (Wildman–Crippen MR) is 52.8 cm³/mol. The summed E-state index contributed by atoms with van der Waals surface area (Å²) in [7, 11) is 0. The Kier molecular flexibility index (Phi) is 3.67. The van der Waals surface area contributed by atoms with Crippen LogP contribution in [0.3, 0.4) is 0 Å². The molecule has 3 nitrogen and oxygen atoms in total. The van der Waals surface area contributed by atoms with E-state index in [9.17, 15) is 9.59 Å². The molecule has 3 heteroatoms. The van der Waals surface area contributed by atoms with Gasteiger partial charge < -0.3 is 4.74 Å². The Labute approximate surface area is 84.8 Å². The van der Waals surface area contributed by atoms with Gasteiger partial charge in [0.1, 0.15) is 11.2 Å². The third-order valence-electron chi connectivity index (χ3n) is 2.88. The Balaban J connectivity index is 2.65. The maximum absolute atomic E-state index is 11.8. The number of rotatable bonds is 5. The van der Waals surface area contributed by atoms with Gasteiger partial charge in [0, 0.05) is 6.42 Å². The molecule has 1 aliphatic rings. The van der Waals surface area contributed by atoms with Crippen LogP contribution in [0.25, 0.3) is 0 Å². The van der Waals surface area contributed by atoms with E-state index in [4.69, 9.17) is 4.74 Å². The van der Waals surface area contributed by atoms with Crippen molar-refractivity contribution in [2.24, 2.45) is 5.41 Å². The van der Waals surface area contributed by atoms with Crippen LogP contribution in [0.4, 0.5) is 0 Å². The monoisotopic (exact) mass is 198 g/mol. The number of ketones is 1. The van der Waals surface area contributed by atoms with Crippen molar-refractivity contribution in [1.82, 2.24) is 0 Å². The molecule has 1 aliphatic carbocycles. The number of hydrogen-bond donors (Lipinski definition) is 0. The smallest absolute Gasteiger partial charge is 0.319 e.